The largest absolute Gasteiger partial charge is 0.394 e. The Morgan fingerprint density at radius 2 is 1.04 bits per heavy atom. The molecule has 0 atom stereocenters. The van der Waals surface area contributed by atoms with E-state index in [0.717, 1.165) is 6.07 Å². The molecule has 132 valence electrons. The molecule has 0 aliphatic rings. The summed E-state index contributed by atoms with van der Waals surface area (Å²) in [5.41, 5.74) is -0.727. The first kappa shape index (κ1) is 24.8. The molecule has 0 saturated carbocycles. The first-order chi connectivity index (χ1) is 10.6. The molecule has 0 aliphatic carbocycles. The number of rotatable bonds is 0. The number of hydrogen-bond acceptors (Lipinski definition) is 0. The van der Waals surface area contributed by atoms with Crippen LogP contribution < -0.4 is 0 Å². The van der Waals surface area contributed by atoms with E-state index in [0.29, 0.717) is 0 Å². The van der Waals surface area contributed by atoms with Crippen molar-refractivity contribution in [2.75, 3.05) is 0 Å². The van der Waals surface area contributed by atoms with Gasteiger partial charge in [0.1, 0.15) is 0 Å². The maximum Gasteiger partial charge on any atom is 0.394 e. The summed E-state index contributed by atoms with van der Waals surface area (Å²) < 4.78 is 35.3. The Morgan fingerprint density at radius 3 is 1.21 bits per heavy atom. The summed E-state index contributed by atoms with van der Waals surface area (Å²) in [5, 5.41) is 0. The van der Waals surface area contributed by atoms with Crippen molar-refractivity contribution < 1.29 is 33.6 Å². The number of alkyl halides is 3. The van der Waals surface area contributed by atoms with E-state index in [2.05, 4.69) is 18.2 Å². The number of hydrogen-bond donors (Lipinski definition) is 0. The van der Waals surface area contributed by atoms with Crippen molar-refractivity contribution in [2.24, 2.45) is 0 Å². The van der Waals surface area contributed by atoms with Crippen molar-refractivity contribution in [1.82, 2.24) is 0 Å². The molecular weight excluding hydrogens is 472 g/mol. The average molecular weight is 487 g/mol. The third kappa shape index (κ3) is 13.1. The summed E-state index contributed by atoms with van der Waals surface area (Å²) in [6.07, 6.45) is -4.26. The summed E-state index contributed by atoms with van der Waals surface area (Å²) in [4.78, 5) is 0. The van der Waals surface area contributed by atoms with Crippen LogP contribution in [-0.4, -0.2) is 0 Å². The van der Waals surface area contributed by atoms with Gasteiger partial charge in [-0.25, -0.2) is 0 Å². The predicted octanol–water partition coefficient (Wildman–Crippen LogP) is 6.05. The molecule has 0 aliphatic heterocycles. The van der Waals surface area contributed by atoms with Crippen molar-refractivity contribution in [1.29, 1.82) is 0 Å². The van der Waals surface area contributed by atoms with Gasteiger partial charge in [0, 0.05) is 20.4 Å². The Morgan fingerprint density at radius 1 is 0.625 bits per heavy atom. The molecule has 0 N–H and O–H groups in total. The van der Waals surface area contributed by atoms with E-state index in [4.69, 9.17) is 0 Å². The summed E-state index contributed by atoms with van der Waals surface area (Å²) in [6.45, 7) is 0. The monoisotopic (exact) mass is 485 g/mol. The fourth-order valence-electron chi connectivity index (χ4n) is 1.25. The zero-order chi connectivity index (χ0) is 16.1. The van der Waals surface area contributed by atoms with Gasteiger partial charge in [0.2, 0.25) is 0 Å². The molecule has 0 heterocycles. The Labute approximate surface area is 165 Å². The first-order valence-electron chi connectivity index (χ1n) is 6.47. The predicted molar refractivity (Wildman–Crippen MR) is 91.2 cm³/mol. The molecule has 0 saturated heterocycles. The van der Waals surface area contributed by atoms with Crippen LogP contribution >= 0.6 is 17.0 Å². The van der Waals surface area contributed by atoms with Gasteiger partial charge < -0.3 is 0 Å². The molecule has 5 heteroatoms. The summed E-state index contributed by atoms with van der Waals surface area (Å²) in [6, 6.07) is 32.1. The molecule has 0 unspecified atom stereocenters. The van der Waals surface area contributed by atoms with Gasteiger partial charge in [0.25, 0.3) is 0 Å². The second-order valence-corrected chi connectivity index (χ2v) is 3.93. The molecule has 0 aromatic heterocycles. The van der Waals surface area contributed by atoms with Gasteiger partial charge in [-0.05, 0) is 0 Å². The van der Waals surface area contributed by atoms with E-state index in [1.54, 1.807) is 0 Å². The van der Waals surface area contributed by atoms with Crippen molar-refractivity contribution in [3.63, 3.8) is 0 Å². The summed E-state index contributed by atoms with van der Waals surface area (Å²) >= 11 is 0. The molecule has 24 heavy (non-hydrogen) atoms. The third-order valence-electron chi connectivity index (χ3n) is 2.23. The van der Waals surface area contributed by atoms with Crippen LogP contribution in [0.15, 0.2) is 84.9 Å². The summed E-state index contributed by atoms with van der Waals surface area (Å²) in [5.74, 6) is 0. The van der Waals surface area contributed by atoms with Gasteiger partial charge in [-0.1, -0.05) is 5.56 Å². The normalized spacial score (nSPS) is 8.79. The van der Waals surface area contributed by atoms with Crippen LogP contribution in [-0.2, 0) is 26.6 Å². The minimum absolute atomic E-state index is 0. The molecule has 0 fully saturated rings. The van der Waals surface area contributed by atoms with Crippen molar-refractivity contribution >= 4 is 17.0 Å². The van der Waals surface area contributed by atoms with Gasteiger partial charge >= 0.3 is 6.18 Å². The smallest absolute Gasteiger partial charge is 0.184 e. The van der Waals surface area contributed by atoms with Crippen LogP contribution in [0.3, 0.4) is 0 Å². The summed E-state index contributed by atoms with van der Waals surface area (Å²) in [7, 11) is 0. The minimum atomic E-state index is -4.26. The second kappa shape index (κ2) is 15.1. The quantitative estimate of drug-likeness (QED) is 0.268. The Kier molecular flexibility index (Phi) is 15.7. The molecule has 0 radical (unpaired) electrons. The average Bonchev–Trinajstić information content (AvgIpc) is 2.59. The van der Waals surface area contributed by atoms with Crippen LogP contribution in [0.25, 0.3) is 0 Å². The van der Waals surface area contributed by atoms with Crippen LogP contribution in [0, 0.1) is 18.2 Å². The minimum Gasteiger partial charge on any atom is -0.184 e. The second-order valence-electron chi connectivity index (χ2n) is 3.93. The molecule has 0 amide bonds. The fourth-order valence-corrected chi connectivity index (χ4v) is 1.25. The van der Waals surface area contributed by atoms with Crippen LogP contribution in [0.2, 0.25) is 0 Å². The van der Waals surface area contributed by atoms with Crippen molar-refractivity contribution in [2.45, 2.75) is 6.18 Å². The van der Waals surface area contributed by atoms with Crippen LogP contribution in [0.5, 0.6) is 0 Å². The standard InChI is InChI=1S/C7H4F3.2C6H5.BrH.Pd/c8-7(9,10)6-4-2-1-3-5-6;2*1-2-4-6-5-3-1;;/h1-4H;2*1-5H;1H;/q3*-1;;. The van der Waals surface area contributed by atoms with E-state index in [1.165, 1.54) is 18.2 Å². The van der Waals surface area contributed by atoms with Gasteiger partial charge in [0.05, 0.1) is 0 Å². The van der Waals surface area contributed by atoms with E-state index in [1.807, 2.05) is 60.7 Å². The SMILES string of the molecule is Br.FC(F)(F)c1[c-]cccc1.[Pd].[c-]1ccccc1.[c-]1ccccc1. The number of benzene rings is 3. The maximum atomic E-state index is 11.8. The Hall–Kier alpha value is -1.41. The van der Waals surface area contributed by atoms with E-state index < -0.39 is 11.7 Å². The van der Waals surface area contributed by atoms with Crippen LogP contribution in [0.4, 0.5) is 13.2 Å². The third-order valence-corrected chi connectivity index (χ3v) is 2.23. The topological polar surface area (TPSA) is 0 Å². The molecule has 0 spiro atoms. The van der Waals surface area contributed by atoms with E-state index in [-0.39, 0.29) is 37.4 Å². The molecule has 0 nitrogen and oxygen atoms in total. The van der Waals surface area contributed by atoms with Crippen LogP contribution in [0.1, 0.15) is 5.56 Å². The van der Waals surface area contributed by atoms with Gasteiger partial charge in [-0.15, -0.1) is 17.0 Å². The first-order valence-corrected chi connectivity index (χ1v) is 6.47. The van der Waals surface area contributed by atoms with E-state index >= 15 is 0 Å². The molecule has 3 rings (SSSR count). The van der Waals surface area contributed by atoms with Crippen molar-refractivity contribution in [3.05, 3.63) is 109 Å². The van der Waals surface area contributed by atoms with Gasteiger partial charge in [-0.2, -0.15) is 116 Å². The fraction of sp³-hybridized carbons (Fsp3) is 0.0526. The van der Waals surface area contributed by atoms with Crippen molar-refractivity contribution in [3.8, 4) is 0 Å². The molecule has 0 bridgehead atoms. The Bertz CT molecular complexity index is 502. The zero-order valence-electron chi connectivity index (χ0n) is 12.4. The zero-order valence-corrected chi connectivity index (χ0v) is 15.7. The Balaban J connectivity index is 0. The van der Waals surface area contributed by atoms with Gasteiger partial charge in [-0.3, -0.25) is 0 Å². The molecular formula is C19H15BrF3Pd-3. The number of halogens is 4. The molecule has 3 aromatic carbocycles. The van der Waals surface area contributed by atoms with Gasteiger partial charge in [0.15, 0.2) is 0 Å². The van der Waals surface area contributed by atoms with E-state index in [9.17, 15) is 13.2 Å². The maximum absolute atomic E-state index is 11.8. The molecule has 3 aromatic rings.